The van der Waals surface area contributed by atoms with Crippen molar-refractivity contribution >= 4 is 23.4 Å². The lowest BCUT2D eigenvalue weighted by Crippen LogP contribution is -2.15. The van der Waals surface area contributed by atoms with E-state index in [0.717, 1.165) is 0 Å². The molecular formula is C20H18F2N4O2S. The highest BCUT2D eigenvalue weighted by molar-refractivity contribution is 7.99. The molecular weight excluding hydrogens is 398 g/mol. The maximum Gasteiger partial charge on any atom is 0.234 e. The number of amides is 1. The molecule has 0 bridgehead atoms. The predicted molar refractivity (Wildman–Crippen MR) is 107 cm³/mol. The Morgan fingerprint density at radius 2 is 1.97 bits per heavy atom. The zero-order chi connectivity index (χ0) is 20.6. The molecule has 1 aromatic heterocycles. The largest absolute Gasteiger partial charge is 0.486 e. The van der Waals surface area contributed by atoms with E-state index in [4.69, 9.17) is 4.74 Å². The minimum atomic E-state index is -0.424. The monoisotopic (exact) mass is 416 g/mol. The molecule has 0 saturated heterocycles. The molecule has 0 aliphatic carbocycles. The van der Waals surface area contributed by atoms with E-state index in [2.05, 4.69) is 22.1 Å². The molecule has 9 heteroatoms. The summed E-state index contributed by atoms with van der Waals surface area (Å²) in [5, 5.41) is 11.4. The number of allylic oxidation sites excluding steroid dienone is 1. The molecule has 0 radical (unpaired) electrons. The second kappa shape index (κ2) is 9.83. The molecule has 0 unspecified atom stereocenters. The summed E-state index contributed by atoms with van der Waals surface area (Å²) >= 11 is 1.19. The van der Waals surface area contributed by atoms with Crippen LogP contribution >= 0.6 is 11.8 Å². The Balaban J connectivity index is 1.60. The van der Waals surface area contributed by atoms with Crippen LogP contribution < -0.4 is 10.1 Å². The van der Waals surface area contributed by atoms with E-state index in [1.54, 1.807) is 16.7 Å². The molecule has 0 atom stereocenters. The van der Waals surface area contributed by atoms with E-state index in [1.165, 1.54) is 54.2 Å². The number of carbonyl (C=O) groups excluding carboxylic acids is 1. The van der Waals surface area contributed by atoms with Crippen LogP contribution in [0.2, 0.25) is 0 Å². The van der Waals surface area contributed by atoms with Crippen molar-refractivity contribution in [1.29, 1.82) is 0 Å². The standard InChI is InChI=1S/C20H18F2N4O2S/c1-2-10-26-18(12-28-17-8-6-14(21)7-9-17)24-25-20(26)29-13-19(27)23-16-5-3-4-15(22)11-16/h2-9,11H,1,10,12-13H2,(H,23,27). The van der Waals surface area contributed by atoms with Crippen LogP contribution in [0.5, 0.6) is 5.75 Å². The zero-order valence-corrected chi connectivity index (χ0v) is 16.2. The first-order chi connectivity index (χ1) is 14.0. The predicted octanol–water partition coefficient (Wildman–Crippen LogP) is 4.05. The number of carbonyl (C=O) groups is 1. The molecule has 1 amide bonds. The summed E-state index contributed by atoms with van der Waals surface area (Å²) in [4.78, 5) is 12.1. The Kier molecular flexibility index (Phi) is 6.96. The van der Waals surface area contributed by atoms with Gasteiger partial charge in [0.1, 0.15) is 24.0 Å². The van der Waals surface area contributed by atoms with E-state index in [9.17, 15) is 13.6 Å². The van der Waals surface area contributed by atoms with Crippen LogP contribution in [0.4, 0.5) is 14.5 Å². The molecule has 1 N–H and O–H groups in total. The van der Waals surface area contributed by atoms with Gasteiger partial charge in [-0.2, -0.15) is 0 Å². The maximum absolute atomic E-state index is 13.2. The Morgan fingerprint density at radius 1 is 1.17 bits per heavy atom. The summed E-state index contributed by atoms with van der Waals surface area (Å²) in [6, 6.07) is 11.3. The minimum absolute atomic E-state index is 0.0740. The van der Waals surface area contributed by atoms with Crippen LogP contribution in [0.25, 0.3) is 0 Å². The van der Waals surface area contributed by atoms with E-state index >= 15 is 0 Å². The summed E-state index contributed by atoms with van der Waals surface area (Å²) < 4.78 is 33.6. The van der Waals surface area contributed by atoms with Gasteiger partial charge in [-0.15, -0.1) is 16.8 Å². The van der Waals surface area contributed by atoms with E-state index in [0.29, 0.717) is 29.0 Å². The molecule has 2 aromatic carbocycles. The SMILES string of the molecule is C=CCn1c(COc2ccc(F)cc2)nnc1SCC(=O)Nc1cccc(F)c1. The Morgan fingerprint density at radius 3 is 2.69 bits per heavy atom. The minimum Gasteiger partial charge on any atom is -0.486 e. The smallest absolute Gasteiger partial charge is 0.234 e. The first-order valence-corrected chi connectivity index (χ1v) is 9.63. The van der Waals surface area contributed by atoms with Crippen molar-refractivity contribution in [2.45, 2.75) is 18.3 Å². The van der Waals surface area contributed by atoms with Gasteiger partial charge in [0.25, 0.3) is 0 Å². The highest BCUT2D eigenvalue weighted by atomic mass is 32.2. The van der Waals surface area contributed by atoms with Gasteiger partial charge in [-0.05, 0) is 42.5 Å². The summed E-state index contributed by atoms with van der Waals surface area (Å²) in [7, 11) is 0. The molecule has 0 saturated carbocycles. The number of rotatable bonds is 9. The van der Waals surface area contributed by atoms with Crippen LogP contribution in [0.3, 0.4) is 0 Å². The number of hydrogen-bond donors (Lipinski definition) is 1. The zero-order valence-electron chi connectivity index (χ0n) is 15.3. The third kappa shape index (κ3) is 5.89. The van der Waals surface area contributed by atoms with Gasteiger partial charge in [-0.25, -0.2) is 8.78 Å². The Labute approximate surface area is 170 Å². The van der Waals surface area contributed by atoms with Crippen LogP contribution in [-0.2, 0) is 17.9 Å². The quantitative estimate of drug-likeness (QED) is 0.421. The molecule has 6 nitrogen and oxygen atoms in total. The molecule has 3 aromatic rings. The first-order valence-electron chi connectivity index (χ1n) is 8.64. The van der Waals surface area contributed by atoms with Crippen molar-refractivity contribution in [3.63, 3.8) is 0 Å². The van der Waals surface area contributed by atoms with Crippen LogP contribution in [0.15, 0.2) is 66.3 Å². The lowest BCUT2D eigenvalue weighted by atomic mass is 10.3. The van der Waals surface area contributed by atoms with Crippen molar-refractivity contribution < 1.29 is 18.3 Å². The van der Waals surface area contributed by atoms with Gasteiger partial charge in [-0.1, -0.05) is 23.9 Å². The molecule has 0 spiro atoms. The molecule has 0 fully saturated rings. The van der Waals surface area contributed by atoms with Crippen LogP contribution in [-0.4, -0.2) is 26.4 Å². The van der Waals surface area contributed by atoms with Crippen molar-refractivity contribution in [1.82, 2.24) is 14.8 Å². The number of hydrogen-bond acceptors (Lipinski definition) is 5. The lowest BCUT2D eigenvalue weighted by molar-refractivity contribution is -0.113. The van der Waals surface area contributed by atoms with Gasteiger partial charge < -0.3 is 10.1 Å². The molecule has 0 aliphatic rings. The number of halogens is 2. The number of thioether (sulfide) groups is 1. The summed E-state index contributed by atoms with van der Waals surface area (Å²) in [5.41, 5.74) is 0.386. The summed E-state index contributed by atoms with van der Waals surface area (Å²) in [6.45, 7) is 4.28. The number of benzene rings is 2. The normalized spacial score (nSPS) is 10.6. The third-order valence-electron chi connectivity index (χ3n) is 3.73. The lowest BCUT2D eigenvalue weighted by Gasteiger charge is -2.09. The molecule has 1 heterocycles. The molecule has 29 heavy (non-hydrogen) atoms. The van der Waals surface area contributed by atoms with Crippen LogP contribution in [0, 0.1) is 11.6 Å². The number of nitrogens with zero attached hydrogens (tertiary/aromatic N) is 3. The van der Waals surface area contributed by atoms with Gasteiger partial charge in [-0.3, -0.25) is 9.36 Å². The fraction of sp³-hybridized carbons (Fsp3) is 0.150. The topological polar surface area (TPSA) is 69.0 Å². The number of nitrogens with one attached hydrogen (secondary N) is 1. The van der Waals surface area contributed by atoms with Gasteiger partial charge in [0.15, 0.2) is 11.0 Å². The summed E-state index contributed by atoms with van der Waals surface area (Å²) in [5.74, 6) is 0.0580. The first kappa shape index (κ1) is 20.5. The molecule has 3 rings (SSSR count). The second-order valence-electron chi connectivity index (χ2n) is 5.89. The van der Waals surface area contributed by atoms with E-state index in [-0.39, 0.29) is 24.1 Å². The second-order valence-corrected chi connectivity index (χ2v) is 6.83. The maximum atomic E-state index is 13.2. The molecule has 150 valence electrons. The van der Waals surface area contributed by atoms with Gasteiger partial charge in [0.2, 0.25) is 5.91 Å². The highest BCUT2D eigenvalue weighted by Crippen LogP contribution is 2.20. The highest BCUT2D eigenvalue weighted by Gasteiger charge is 2.14. The Hall–Kier alpha value is -3.20. The summed E-state index contributed by atoms with van der Waals surface area (Å²) in [6.07, 6.45) is 1.68. The van der Waals surface area contributed by atoms with Crippen molar-refractivity contribution in [2.75, 3.05) is 11.1 Å². The van der Waals surface area contributed by atoms with Crippen molar-refractivity contribution in [3.8, 4) is 5.75 Å². The van der Waals surface area contributed by atoms with E-state index < -0.39 is 5.82 Å². The average molecular weight is 416 g/mol. The average Bonchev–Trinajstić information content (AvgIpc) is 3.08. The molecule has 0 aliphatic heterocycles. The number of aromatic nitrogens is 3. The fourth-order valence-corrected chi connectivity index (χ4v) is 3.18. The third-order valence-corrected chi connectivity index (χ3v) is 4.69. The van der Waals surface area contributed by atoms with Gasteiger partial charge in [0.05, 0.1) is 5.75 Å². The number of ether oxygens (including phenoxy) is 1. The number of anilines is 1. The van der Waals surface area contributed by atoms with Crippen molar-refractivity contribution in [3.05, 3.63) is 78.6 Å². The van der Waals surface area contributed by atoms with Gasteiger partial charge in [0, 0.05) is 12.2 Å². The Bertz CT molecular complexity index is 992. The van der Waals surface area contributed by atoms with E-state index in [1.807, 2.05) is 0 Å². The van der Waals surface area contributed by atoms with Crippen LogP contribution in [0.1, 0.15) is 5.82 Å². The fourth-order valence-electron chi connectivity index (χ4n) is 2.42. The van der Waals surface area contributed by atoms with Crippen molar-refractivity contribution in [2.24, 2.45) is 0 Å². The van der Waals surface area contributed by atoms with Gasteiger partial charge >= 0.3 is 0 Å².